The zero-order valence-electron chi connectivity index (χ0n) is 12.1. The number of cyclic esters (lactones) is 1. The number of β-amino-alcohol motifs (C(OH)–C–C–N with tert-alkyl or cyclic N) is 1. The number of hydrogen-bond donors (Lipinski definition) is 2. The van der Waals surface area contributed by atoms with Gasteiger partial charge in [-0.15, -0.1) is 0 Å². The maximum Gasteiger partial charge on any atom is 0.342 e. The van der Waals surface area contributed by atoms with Crippen LogP contribution in [0.5, 0.6) is 5.75 Å². The van der Waals surface area contributed by atoms with Crippen LogP contribution in [0.1, 0.15) is 36.7 Å². The Morgan fingerprint density at radius 3 is 2.90 bits per heavy atom. The van der Waals surface area contributed by atoms with Crippen LogP contribution in [0, 0.1) is 0 Å². The second-order valence-corrected chi connectivity index (χ2v) is 5.96. The number of rotatable bonds is 5. The summed E-state index contributed by atoms with van der Waals surface area (Å²) < 4.78 is 10.5. The molecule has 1 atom stereocenters. The van der Waals surface area contributed by atoms with Crippen molar-refractivity contribution in [3.05, 3.63) is 29.3 Å². The summed E-state index contributed by atoms with van der Waals surface area (Å²) in [6.45, 7) is 6.94. The van der Waals surface area contributed by atoms with E-state index in [1.54, 1.807) is 6.07 Å². The van der Waals surface area contributed by atoms with Crippen LogP contribution < -0.4 is 10.1 Å². The fraction of sp³-hybridized carbons (Fsp3) is 0.533. The maximum atomic E-state index is 11.6. The molecule has 0 saturated heterocycles. The SMILES string of the molecule is CC(C)(C)NCC(O)COc1cccc2c1C(=O)OC2. The molecule has 0 bridgehead atoms. The third-order valence-electron chi connectivity index (χ3n) is 2.97. The minimum absolute atomic E-state index is 0.0568. The lowest BCUT2D eigenvalue weighted by Gasteiger charge is -2.23. The van der Waals surface area contributed by atoms with Crippen molar-refractivity contribution in [1.82, 2.24) is 5.32 Å². The summed E-state index contributed by atoms with van der Waals surface area (Å²) in [6.07, 6.45) is -0.637. The van der Waals surface area contributed by atoms with Crippen molar-refractivity contribution in [2.24, 2.45) is 0 Å². The van der Waals surface area contributed by atoms with E-state index in [0.29, 0.717) is 24.5 Å². The lowest BCUT2D eigenvalue weighted by atomic mass is 10.1. The first-order valence-electron chi connectivity index (χ1n) is 6.72. The number of ether oxygens (including phenoxy) is 2. The normalized spacial score (nSPS) is 15.7. The number of carbonyl (C=O) groups excluding carboxylic acids is 1. The summed E-state index contributed by atoms with van der Waals surface area (Å²) in [7, 11) is 0. The summed E-state index contributed by atoms with van der Waals surface area (Å²) in [4.78, 5) is 11.6. The Balaban J connectivity index is 1.92. The molecule has 0 fully saturated rings. The maximum absolute atomic E-state index is 11.6. The molecule has 1 aliphatic rings. The molecule has 110 valence electrons. The standard InChI is InChI=1S/C15H21NO4/c1-15(2,3)16-7-11(17)9-19-12-6-4-5-10-8-20-14(18)13(10)12/h4-6,11,16-17H,7-9H2,1-3H3. The van der Waals surface area contributed by atoms with Gasteiger partial charge < -0.3 is 19.9 Å². The predicted octanol–water partition coefficient (Wildman–Crippen LogP) is 1.48. The zero-order valence-corrected chi connectivity index (χ0v) is 12.1. The topological polar surface area (TPSA) is 67.8 Å². The van der Waals surface area contributed by atoms with Gasteiger partial charge in [0.15, 0.2) is 0 Å². The van der Waals surface area contributed by atoms with Gasteiger partial charge >= 0.3 is 5.97 Å². The van der Waals surface area contributed by atoms with Gasteiger partial charge in [0.25, 0.3) is 0 Å². The van der Waals surface area contributed by atoms with E-state index in [9.17, 15) is 9.90 Å². The molecule has 0 saturated carbocycles. The number of nitrogens with one attached hydrogen (secondary N) is 1. The quantitative estimate of drug-likeness (QED) is 0.799. The molecule has 1 aromatic rings. The highest BCUT2D eigenvalue weighted by Gasteiger charge is 2.25. The number of carbonyl (C=O) groups is 1. The van der Waals surface area contributed by atoms with Crippen LogP contribution in [0.2, 0.25) is 0 Å². The van der Waals surface area contributed by atoms with Gasteiger partial charge in [-0.2, -0.15) is 0 Å². The molecule has 5 nitrogen and oxygen atoms in total. The van der Waals surface area contributed by atoms with E-state index < -0.39 is 6.10 Å². The van der Waals surface area contributed by atoms with Crippen molar-refractivity contribution >= 4 is 5.97 Å². The van der Waals surface area contributed by atoms with Crippen LogP contribution in [0.25, 0.3) is 0 Å². The largest absolute Gasteiger partial charge is 0.490 e. The predicted molar refractivity (Wildman–Crippen MR) is 74.8 cm³/mol. The Labute approximate surface area is 118 Å². The van der Waals surface area contributed by atoms with E-state index in [1.807, 2.05) is 32.9 Å². The molecule has 1 aliphatic heterocycles. The molecule has 2 N–H and O–H groups in total. The van der Waals surface area contributed by atoms with Crippen molar-refractivity contribution in [2.75, 3.05) is 13.2 Å². The highest BCUT2D eigenvalue weighted by Crippen LogP contribution is 2.29. The van der Waals surface area contributed by atoms with Gasteiger partial charge in [0, 0.05) is 17.6 Å². The Kier molecular flexibility index (Phi) is 4.30. The molecule has 0 spiro atoms. The fourth-order valence-corrected chi connectivity index (χ4v) is 1.93. The first-order chi connectivity index (χ1) is 9.37. The summed E-state index contributed by atoms with van der Waals surface area (Å²) >= 11 is 0. The van der Waals surface area contributed by atoms with Crippen molar-refractivity contribution in [3.8, 4) is 5.75 Å². The number of esters is 1. The van der Waals surface area contributed by atoms with E-state index in [-0.39, 0.29) is 18.1 Å². The lowest BCUT2D eigenvalue weighted by molar-refractivity contribution is 0.0528. The molecule has 1 heterocycles. The average molecular weight is 279 g/mol. The number of aliphatic hydroxyl groups excluding tert-OH is 1. The van der Waals surface area contributed by atoms with Crippen LogP contribution in [0.4, 0.5) is 0 Å². The summed E-state index contributed by atoms with van der Waals surface area (Å²) in [5.74, 6) is 0.109. The van der Waals surface area contributed by atoms with Crippen molar-refractivity contribution in [1.29, 1.82) is 0 Å². The number of hydrogen-bond acceptors (Lipinski definition) is 5. The third kappa shape index (κ3) is 3.71. The van der Waals surface area contributed by atoms with E-state index in [2.05, 4.69) is 5.32 Å². The second-order valence-electron chi connectivity index (χ2n) is 5.96. The highest BCUT2D eigenvalue weighted by atomic mass is 16.5. The molecule has 2 rings (SSSR count). The summed E-state index contributed by atoms with van der Waals surface area (Å²) in [5.41, 5.74) is 1.25. The molecular weight excluding hydrogens is 258 g/mol. The molecule has 0 aliphatic carbocycles. The number of aliphatic hydroxyl groups is 1. The van der Waals surface area contributed by atoms with Crippen LogP contribution in [0.15, 0.2) is 18.2 Å². The first kappa shape index (κ1) is 14.8. The third-order valence-corrected chi connectivity index (χ3v) is 2.97. The molecule has 0 amide bonds. The van der Waals surface area contributed by atoms with Crippen molar-refractivity contribution < 1.29 is 19.4 Å². The van der Waals surface area contributed by atoms with Crippen LogP contribution in [-0.2, 0) is 11.3 Å². The molecule has 1 aromatic carbocycles. The fourth-order valence-electron chi connectivity index (χ4n) is 1.93. The molecule has 0 aromatic heterocycles. The molecule has 0 radical (unpaired) electrons. The summed E-state index contributed by atoms with van der Waals surface area (Å²) in [6, 6.07) is 5.37. The smallest absolute Gasteiger partial charge is 0.342 e. The Morgan fingerprint density at radius 1 is 1.45 bits per heavy atom. The molecule has 20 heavy (non-hydrogen) atoms. The van der Waals surface area contributed by atoms with Gasteiger partial charge in [-0.05, 0) is 26.8 Å². The Bertz CT molecular complexity index is 493. The van der Waals surface area contributed by atoms with Gasteiger partial charge in [-0.3, -0.25) is 0 Å². The number of fused-ring (bicyclic) bond motifs is 1. The van der Waals surface area contributed by atoms with E-state index in [1.165, 1.54) is 0 Å². The van der Waals surface area contributed by atoms with Gasteiger partial charge in [0.1, 0.15) is 30.6 Å². The molecule has 5 heteroatoms. The highest BCUT2D eigenvalue weighted by molar-refractivity contribution is 5.96. The zero-order chi connectivity index (χ0) is 14.8. The van der Waals surface area contributed by atoms with E-state index in [0.717, 1.165) is 5.56 Å². The van der Waals surface area contributed by atoms with Gasteiger partial charge in [-0.1, -0.05) is 12.1 Å². The first-order valence-corrected chi connectivity index (χ1v) is 6.72. The minimum Gasteiger partial charge on any atom is -0.490 e. The Hall–Kier alpha value is -1.59. The molecular formula is C15H21NO4. The minimum atomic E-state index is -0.637. The van der Waals surface area contributed by atoms with E-state index >= 15 is 0 Å². The van der Waals surface area contributed by atoms with Crippen LogP contribution in [-0.4, -0.2) is 35.9 Å². The monoisotopic (exact) mass is 279 g/mol. The van der Waals surface area contributed by atoms with Crippen molar-refractivity contribution in [2.45, 2.75) is 39.0 Å². The average Bonchev–Trinajstić information content (AvgIpc) is 2.76. The van der Waals surface area contributed by atoms with Crippen molar-refractivity contribution in [3.63, 3.8) is 0 Å². The molecule has 1 unspecified atom stereocenters. The second kappa shape index (κ2) is 5.81. The van der Waals surface area contributed by atoms with E-state index in [4.69, 9.17) is 9.47 Å². The van der Waals surface area contributed by atoms with Gasteiger partial charge in [0.2, 0.25) is 0 Å². The van der Waals surface area contributed by atoms with Gasteiger partial charge in [-0.25, -0.2) is 4.79 Å². The van der Waals surface area contributed by atoms with Gasteiger partial charge in [0.05, 0.1) is 0 Å². The number of benzene rings is 1. The lowest BCUT2D eigenvalue weighted by Crippen LogP contribution is -2.42. The summed E-state index contributed by atoms with van der Waals surface area (Å²) in [5, 5.41) is 13.1. The Morgan fingerprint density at radius 2 is 2.20 bits per heavy atom. The van der Waals surface area contributed by atoms with Crippen LogP contribution >= 0.6 is 0 Å². The van der Waals surface area contributed by atoms with Crippen LogP contribution in [0.3, 0.4) is 0 Å².